The third-order valence-electron chi connectivity index (χ3n) is 7.84. The van der Waals surface area contributed by atoms with Gasteiger partial charge < -0.3 is 19.5 Å². The molecule has 0 aromatic heterocycles. The van der Waals surface area contributed by atoms with E-state index in [9.17, 15) is 17.9 Å². The Morgan fingerprint density at radius 3 is 2.16 bits per heavy atom. The lowest BCUT2D eigenvalue weighted by Gasteiger charge is -2.39. The molecule has 0 aliphatic carbocycles. The van der Waals surface area contributed by atoms with Gasteiger partial charge in [0.05, 0.1) is 0 Å². The number of urea groups is 1. The lowest BCUT2D eigenvalue weighted by atomic mass is 10.0. The number of halogens is 1. The highest BCUT2D eigenvalue weighted by molar-refractivity contribution is 7.77. The minimum absolute atomic E-state index is 0.0757. The second-order valence-corrected chi connectivity index (χ2v) is 11.7. The largest absolute Gasteiger partial charge is 0.760 e. The fourth-order valence-electron chi connectivity index (χ4n) is 5.33. The lowest BCUT2D eigenvalue weighted by Crippen LogP contribution is -2.48. The predicted octanol–water partition coefficient (Wildman–Crippen LogP) is 6.51. The average molecular weight is 616 g/mol. The van der Waals surface area contributed by atoms with E-state index in [1.54, 1.807) is 12.1 Å². The van der Waals surface area contributed by atoms with E-state index in [0.29, 0.717) is 18.0 Å². The molecule has 2 N–H and O–H groups in total. The van der Waals surface area contributed by atoms with Gasteiger partial charge in [0, 0.05) is 55.7 Å². The van der Waals surface area contributed by atoms with Crippen molar-refractivity contribution in [3.05, 3.63) is 125 Å². The first kappa shape index (κ1) is 31.3. The van der Waals surface area contributed by atoms with Crippen molar-refractivity contribution in [2.45, 2.75) is 45.4 Å². The summed E-state index contributed by atoms with van der Waals surface area (Å²) in [5, 5.41) is 2.96. The van der Waals surface area contributed by atoms with Crippen LogP contribution in [0.1, 0.15) is 35.1 Å². The molecule has 0 saturated carbocycles. The minimum atomic E-state index is -2.29. The third kappa shape index (κ3) is 8.96. The molecule has 4 aromatic carbocycles. The first-order valence-corrected chi connectivity index (χ1v) is 15.7. The smallest absolute Gasteiger partial charge is 0.322 e. The Morgan fingerprint density at radius 2 is 1.55 bits per heavy atom. The summed E-state index contributed by atoms with van der Waals surface area (Å²) in [5.74, 6) is 1.05. The Hall–Kier alpha value is -4.09. The summed E-state index contributed by atoms with van der Waals surface area (Å²) in [6, 6.07) is 29.1. The van der Waals surface area contributed by atoms with Crippen molar-refractivity contribution in [1.29, 1.82) is 0 Å². The van der Waals surface area contributed by atoms with Crippen LogP contribution in [0.2, 0.25) is 0 Å². The zero-order valence-electron chi connectivity index (χ0n) is 24.6. The number of nitrogens with one attached hydrogen (secondary N) is 2. The van der Waals surface area contributed by atoms with Gasteiger partial charge in [0.15, 0.2) is 0 Å². The molecule has 0 radical (unpaired) electrons. The maximum absolute atomic E-state index is 13.5. The van der Waals surface area contributed by atoms with Gasteiger partial charge in [-0.1, -0.05) is 48.5 Å². The SMILES string of the molecule is Cc1ccccc1CN(C(=O)Nc1ccc(F)cc1)C1CCN(Cc2ccc(Oc3ccc(CNS(=O)[O-])cc3)cc2)CC1. The van der Waals surface area contributed by atoms with Crippen LogP contribution >= 0.6 is 0 Å². The van der Waals surface area contributed by atoms with Crippen molar-refractivity contribution >= 4 is 23.0 Å². The monoisotopic (exact) mass is 615 g/mol. The molecular formula is C34H36FN4O4S-. The van der Waals surface area contributed by atoms with Crippen LogP contribution in [0.15, 0.2) is 97.1 Å². The van der Waals surface area contributed by atoms with Crippen LogP contribution in [0.3, 0.4) is 0 Å². The highest BCUT2D eigenvalue weighted by Crippen LogP contribution is 2.25. The van der Waals surface area contributed by atoms with Crippen molar-refractivity contribution in [1.82, 2.24) is 14.5 Å². The van der Waals surface area contributed by atoms with Crippen molar-refractivity contribution < 1.29 is 22.7 Å². The summed E-state index contributed by atoms with van der Waals surface area (Å²) >= 11 is -2.29. The second-order valence-electron chi connectivity index (χ2n) is 10.9. The fraction of sp³-hybridized carbons (Fsp3) is 0.265. The van der Waals surface area contributed by atoms with Crippen LogP contribution < -0.4 is 14.8 Å². The summed E-state index contributed by atoms with van der Waals surface area (Å²) in [6.45, 7) is 5.32. The standard InChI is InChI=1S/C34H37FN4O4S/c1-25-4-2-3-5-28(25)24-39(34(40)37-30-12-10-29(35)11-13-30)31-18-20-38(21-19-31)23-27-8-16-33(17-9-27)43-32-14-6-26(7-15-32)22-36-44(41)42/h2-17,31,36H,18-24H2,1H3,(H,37,40)(H,41,42)/p-1. The molecular weight excluding hydrogens is 579 g/mol. The molecule has 1 unspecified atom stereocenters. The van der Waals surface area contributed by atoms with Gasteiger partial charge in [0.1, 0.15) is 17.3 Å². The summed E-state index contributed by atoms with van der Waals surface area (Å²) in [4.78, 5) is 17.8. The van der Waals surface area contributed by atoms with E-state index >= 15 is 0 Å². The number of ether oxygens (including phenoxy) is 1. The molecule has 1 fully saturated rings. The summed E-state index contributed by atoms with van der Waals surface area (Å²) in [6.07, 6.45) is 1.69. The minimum Gasteiger partial charge on any atom is -0.760 e. The maximum atomic E-state index is 13.5. The molecule has 1 saturated heterocycles. The number of benzene rings is 4. The van der Waals surface area contributed by atoms with E-state index in [4.69, 9.17) is 4.74 Å². The van der Waals surface area contributed by atoms with Crippen LogP contribution in [0.25, 0.3) is 0 Å². The van der Waals surface area contributed by atoms with Gasteiger partial charge in [-0.05, 0) is 90.6 Å². The Morgan fingerprint density at radius 1 is 0.932 bits per heavy atom. The second kappa shape index (κ2) is 15.1. The quantitative estimate of drug-likeness (QED) is 0.188. The number of hydrogen-bond acceptors (Lipinski definition) is 5. The Bertz CT molecular complexity index is 1540. The summed E-state index contributed by atoms with van der Waals surface area (Å²) < 4.78 is 43.1. The van der Waals surface area contributed by atoms with Crippen LogP contribution in [-0.4, -0.2) is 43.7 Å². The Kier molecular flexibility index (Phi) is 10.7. The van der Waals surface area contributed by atoms with Crippen LogP contribution in [0.4, 0.5) is 14.9 Å². The molecule has 8 nitrogen and oxygen atoms in total. The van der Waals surface area contributed by atoms with Crippen molar-refractivity contribution in [2.75, 3.05) is 18.4 Å². The Labute approximate surface area is 260 Å². The normalized spacial score (nSPS) is 14.6. The van der Waals surface area contributed by atoms with E-state index in [1.165, 1.54) is 17.7 Å². The van der Waals surface area contributed by atoms with Crippen molar-refractivity contribution in [3.8, 4) is 11.5 Å². The Balaban J connectivity index is 1.16. The van der Waals surface area contributed by atoms with Gasteiger partial charge in [-0.3, -0.25) is 9.11 Å². The predicted molar refractivity (Wildman–Crippen MR) is 169 cm³/mol. The van der Waals surface area contributed by atoms with Crippen molar-refractivity contribution in [2.24, 2.45) is 0 Å². The molecule has 2 amide bonds. The van der Waals surface area contributed by atoms with Crippen molar-refractivity contribution in [3.63, 3.8) is 0 Å². The molecule has 4 aromatic rings. The first-order chi connectivity index (χ1) is 21.3. The highest BCUT2D eigenvalue weighted by atomic mass is 32.2. The van der Waals surface area contributed by atoms with E-state index < -0.39 is 11.3 Å². The molecule has 0 bridgehead atoms. The molecule has 1 atom stereocenters. The number of nitrogens with zero attached hydrogens (tertiary/aromatic N) is 2. The number of carbonyl (C=O) groups is 1. The zero-order valence-corrected chi connectivity index (χ0v) is 25.4. The average Bonchev–Trinajstić information content (AvgIpc) is 3.03. The number of aryl methyl sites for hydroxylation is 1. The van der Waals surface area contributed by atoms with Gasteiger partial charge in [-0.2, -0.15) is 0 Å². The summed E-state index contributed by atoms with van der Waals surface area (Å²) in [5.41, 5.74) is 4.83. The fourth-order valence-corrected chi connectivity index (χ4v) is 5.61. The van der Waals surface area contributed by atoms with Crippen LogP contribution in [0, 0.1) is 12.7 Å². The number of piperidine rings is 1. The highest BCUT2D eigenvalue weighted by Gasteiger charge is 2.28. The number of anilines is 1. The molecule has 230 valence electrons. The van der Waals surface area contributed by atoms with E-state index in [2.05, 4.69) is 46.1 Å². The summed E-state index contributed by atoms with van der Waals surface area (Å²) in [7, 11) is 0. The van der Waals surface area contributed by atoms with Gasteiger partial charge in [-0.15, -0.1) is 0 Å². The molecule has 1 aliphatic rings. The molecule has 10 heteroatoms. The number of amides is 2. The van der Waals surface area contributed by atoms with Gasteiger partial charge in [0.25, 0.3) is 0 Å². The zero-order chi connectivity index (χ0) is 30.9. The molecule has 1 aliphatic heterocycles. The molecule has 1 heterocycles. The van der Waals surface area contributed by atoms with Crippen LogP contribution in [-0.2, 0) is 30.9 Å². The number of likely N-dealkylation sites (tertiary alicyclic amines) is 1. The van der Waals surface area contributed by atoms with E-state index in [-0.39, 0.29) is 24.4 Å². The number of carbonyl (C=O) groups excluding carboxylic acids is 1. The van der Waals surface area contributed by atoms with E-state index in [0.717, 1.165) is 54.9 Å². The maximum Gasteiger partial charge on any atom is 0.322 e. The van der Waals surface area contributed by atoms with Gasteiger partial charge >= 0.3 is 6.03 Å². The molecule has 44 heavy (non-hydrogen) atoms. The number of rotatable bonds is 11. The van der Waals surface area contributed by atoms with E-state index in [1.807, 2.05) is 53.4 Å². The molecule has 5 rings (SSSR count). The van der Waals surface area contributed by atoms with Gasteiger partial charge in [0.2, 0.25) is 0 Å². The topological polar surface area (TPSA) is 97.0 Å². The van der Waals surface area contributed by atoms with Gasteiger partial charge in [-0.25, -0.2) is 13.9 Å². The lowest BCUT2D eigenvalue weighted by molar-refractivity contribution is 0.119. The van der Waals surface area contributed by atoms with Crippen LogP contribution in [0.5, 0.6) is 11.5 Å². The third-order valence-corrected chi connectivity index (χ3v) is 8.22. The molecule has 0 spiro atoms. The first-order valence-electron chi connectivity index (χ1n) is 14.6. The number of hydrogen-bond donors (Lipinski definition) is 2.